The second kappa shape index (κ2) is 7.57. The second-order valence-corrected chi connectivity index (χ2v) is 5.96. The molecule has 0 saturated carbocycles. The maximum absolute atomic E-state index is 14.9. The van der Waals surface area contributed by atoms with Gasteiger partial charge in [-0.3, -0.25) is 0 Å². The zero-order chi connectivity index (χ0) is 16.1. The number of halogens is 1. The fraction of sp³-hybridized carbons (Fsp3) is 0.368. The zero-order valence-electron chi connectivity index (χ0n) is 13.4. The highest BCUT2D eigenvalue weighted by Gasteiger charge is 2.31. The molecule has 1 saturated heterocycles. The van der Waals surface area contributed by atoms with Crippen LogP contribution >= 0.6 is 0 Å². The monoisotopic (exact) mass is 314 g/mol. The second-order valence-electron chi connectivity index (χ2n) is 5.96. The third kappa shape index (κ3) is 3.89. The van der Waals surface area contributed by atoms with E-state index in [0.717, 1.165) is 41.4 Å². The van der Waals surface area contributed by atoms with E-state index in [2.05, 4.69) is 17.4 Å². The van der Waals surface area contributed by atoms with E-state index in [4.69, 9.17) is 4.74 Å². The predicted octanol–water partition coefficient (Wildman–Crippen LogP) is 3.88. The molecule has 2 atom stereocenters. The van der Waals surface area contributed by atoms with E-state index in [1.54, 1.807) is 7.11 Å². The number of benzene rings is 2. The average molecular weight is 314 g/mol. The van der Waals surface area contributed by atoms with Gasteiger partial charge in [-0.15, -0.1) is 9.60 Å². The summed E-state index contributed by atoms with van der Waals surface area (Å²) >= 11 is 0. The summed E-state index contributed by atoms with van der Waals surface area (Å²) < 4.78 is 20.0. The molecule has 4 heteroatoms. The Hall–Kier alpha value is -1.91. The zero-order valence-corrected chi connectivity index (χ0v) is 13.4. The average Bonchev–Trinajstić information content (AvgIpc) is 2.63. The van der Waals surface area contributed by atoms with Crippen molar-refractivity contribution < 1.29 is 9.22 Å². The standard InChI is InChI=1S/C19H23FN2O/c1-23-17-11-9-15(10-12-17)14-22(20)18-8-5-13-21-19(18)16-6-3-2-4-7-16/h2-4,6-7,9-12,18-19,21H,5,8,13-14H2,1H3/t18-,19-/m1/s1. The third-order valence-corrected chi connectivity index (χ3v) is 4.44. The Balaban J connectivity index is 1.71. The lowest BCUT2D eigenvalue weighted by Gasteiger charge is -2.36. The fourth-order valence-corrected chi connectivity index (χ4v) is 3.20. The van der Waals surface area contributed by atoms with Gasteiger partial charge in [-0.1, -0.05) is 42.5 Å². The van der Waals surface area contributed by atoms with Crippen LogP contribution < -0.4 is 10.1 Å². The lowest BCUT2D eigenvalue weighted by molar-refractivity contribution is -0.0565. The largest absolute Gasteiger partial charge is 0.497 e. The van der Waals surface area contributed by atoms with Crippen LogP contribution in [0, 0.1) is 0 Å². The SMILES string of the molecule is COc1ccc(CN(F)[C@@H]2CCCN[C@@H]2c2ccccc2)cc1. The van der Waals surface area contributed by atoms with Crippen LogP contribution in [0.3, 0.4) is 0 Å². The van der Waals surface area contributed by atoms with Gasteiger partial charge in [0.15, 0.2) is 0 Å². The summed E-state index contributed by atoms with van der Waals surface area (Å²) in [5, 5.41) is 4.45. The molecule has 3 nitrogen and oxygen atoms in total. The molecule has 1 aliphatic heterocycles. The summed E-state index contributed by atoms with van der Waals surface area (Å²) in [5.74, 6) is 0.792. The van der Waals surface area contributed by atoms with Crippen molar-refractivity contribution in [3.05, 3.63) is 65.7 Å². The first-order chi connectivity index (χ1) is 11.3. The molecular formula is C19H23FN2O. The molecule has 0 aliphatic carbocycles. The minimum Gasteiger partial charge on any atom is -0.497 e. The smallest absolute Gasteiger partial charge is 0.118 e. The Bertz CT molecular complexity index is 603. The summed E-state index contributed by atoms with van der Waals surface area (Å²) in [7, 11) is 1.63. The van der Waals surface area contributed by atoms with E-state index < -0.39 is 0 Å². The van der Waals surface area contributed by atoms with Gasteiger partial charge in [-0.25, -0.2) is 0 Å². The van der Waals surface area contributed by atoms with E-state index in [1.807, 2.05) is 42.5 Å². The van der Waals surface area contributed by atoms with Crippen LogP contribution in [0.15, 0.2) is 54.6 Å². The molecule has 122 valence electrons. The van der Waals surface area contributed by atoms with Crippen LogP contribution in [0.4, 0.5) is 4.48 Å². The van der Waals surface area contributed by atoms with E-state index in [1.165, 1.54) is 0 Å². The Morgan fingerprint density at radius 2 is 1.87 bits per heavy atom. The van der Waals surface area contributed by atoms with Gasteiger partial charge in [0.1, 0.15) is 5.75 Å². The van der Waals surface area contributed by atoms with Gasteiger partial charge in [0.2, 0.25) is 0 Å². The Labute approximate surface area is 137 Å². The number of piperidine rings is 1. The van der Waals surface area contributed by atoms with Crippen molar-refractivity contribution >= 4 is 0 Å². The van der Waals surface area contributed by atoms with Crippen LogP contribution in [0.2, 0.25) is 0 Å². The van der Waals surface area contributed by atoms with Crippen molar-refractivity contribution in [3.8, 4) is 5.75 Å². The number of hydrogen-bond acceptors (Lipinski definition) is 3. The molecule has 2 aromatic carbocycles. The lowest BCUT2D eigenvalue weighted by Crippen LogP contribution is -2.45. The highest BCUT2D eigenvalue weighted by atomic mass is 19.2. The molecule has 0 radical (unpaired) electrons. The van der Waals surface area contributed by atoms with Crippen LogP contribution in [-0.2, 0) is 6.54 Å². The molecule has 0 aromatic heterocycles. The third-order valence-electron chi connectivity index (χ3n) is 4.44. The number of ether oxygens (including phenoxy) is 1. The van der Waals surface area contributed by atoms with Crippen molar-refractivity contribution in [2.24, 2.45) is 0 Å². The summed E-state index contributed by atoms with van der Waals surface area (Å²) in [6.45, 7) is 1.23. The first-order valence-corrected chi connectivity index (χ1v) is 8.11. The number of nitrogens with one attached hydrogen (secondary N) is 1. The summed E-state index contributed by atoms with van der Waals surface area (Å²) in [4.78, 5) is 0. The van der Waals surface area contributed by atoms with Gasteiger partial charge in [-0.05, 0) is 42.6 Å². The van der Waals surface area contributed by atoms with Crippen LogP contribution in [-0.4, -0.2) is 24.8 Å². The van der Waals surface area contributed by atoms with Crippen molar-refractivity contribution in [2.75, 3.05) is 13.7 Å². The number of nitrogens with zero attached hydrogens (tertiary/aromatic N) is 1. The first kappa shape index (κ1) is 16.0. The van der Waals surface area contributed by atoms with Crippen LogP contribution in [0.1, 0.15) is 30.0 Å². The van der Waals surface area contributed by atoms with Gasteiger partial charge < -0.3 is 10.1 Å². The van der Waals surface area contributed by atoms with Gasteiger partial charge in [-0.2, -0.15) is 0 Å². The first-order valence-electron chi connectivity index (χ1n) is 8.11. The fourth-order valence-electron chi connectivity index (χ4n) is 3.20. The van der Waals surface area contributed by atoms with E-state index in [9.17, 15) is 4.48 Å². The molecule has 1 heterocycles. The summed E-state index contributed by atoms with van der Waals surface area (Å²) in [6.07, 6.45) is 1.86. The highest BCUT2D eigenvalue weighted by molar-refractivity contribution is 5.27. The van der Waals surface area contributed by atoms with Gasteiger partial charge in [0.05, 0.1) is 25.7 Å². The molecule has 0 unspecified atom stereocenters. The highest BCUT2D eigenvalue weighted by Crippen LogP contribution is 2.29. The minimum absolute atomic E-state index is 0.0354. The van der Waals surface area contributed by atoms with Gasteiger partial charge in [0.25, 0.3) is 0 Å². The van der Waals surface area contributed by atoms with Crippen molar-refractivity contribution in [2.45, 2.75) is 31.5 Å². The topological polar surface area (TPSA) is 24.5 Å². The lowest BCUT2D eigenvalue weighted by atomic mass is 9.92. The molecule has 0 amide bonds. The summed E-state index contributed by atoms with van der Waals surface area (Å²) in [6, 6.07) is 17.6. The molecule has 1 aliphatic rings. The number of methoxy groups -OCH3 is 1. The quantitative estimate of drug-likeness (QED) is 0.848. The molecule has 0 bridgehead atoms. The Morgan fingerprint density at radius 1 is 1.13 bits per heavy atom. The van der Waals surface area contributed by atoms with Crippen molar-refractivity contribution in [1.29, 1.82) is 0 Å². The van der Waals surface area contributed by atoms with Gasteiger partial charge in [0, 0.05) is 0 Å². The number of hydrogen-bond donors (Lipinski definition) is 1. The Kier molecular flexibility index (Phi) is 5.26. The molecule has 23 heavy (non-hydrogen) atoms. The van der Waals surface area contributed by atoms with E-state index in [0.29, 0.717) is 6.54 Å². The maximum atomic E-state index is 14.9. The van der Waals surface area contributed by atoms with Crippen LogP contribution in [0.5, 0.6) is 5.75 Å². The number of rotatable bonds is 5. The van der Waals surface area contributed by atoms with E-state index >= 15 is 0 Å². The maximum Gasteiger partial charge on any atom is 0.118 e. The minimum atomic E-state index is -0.145. The molecule has 2 aromatic rings. The summed E-state index contributed by atoms with van der Waals surface area (Å²) in [5.41, 5.74) is 2.10. The van der Waals surface area contributed by atoms with Crippen molar-refractivity contribution in [3.63, 3.8) is 0 Å². The molecule has 3 rings (SSSR count). The molecule has 0 spiro atoms. The predicted molar refractivity (Wildman–Crippen MR) is 89.9 cm³/mol. The van der Waals surface area contributed by atoms with Gasteiger partial charge >= 0.3 is 0 Å². The normalized spacial score (nSPS) is 21.3. The molecule has 1 fully saturated rings. The van der Waals surface area contributed by atoms with Crippen LogP contribution in [0.25, 0.3) is 0 Å². The molecule has 1 N–H and O–H groups in total. The van der Waals surface area contributed by atoms with Crippen molar-refractivity contribution in [1.82, 2.24) is 10.4 Å². The Morgan fingerprint density at radius 3 is 2.57 bits per heavy atom. The molecular weight excluding hydrogens is 291 g/mol. The van der Waals surface area contributed by atoms with E-state index in [-0.39, 0.29) is 12.1 Å².